The molecule has 2 aliphatic rings. The SMILES string of the molecule is O=C1CSCCCN1C1CCNC1. The van der Waals surface area contributed by atoms with E-state index in [0.29, 0.717) is 17.7 Å². The predicted octanol–water partition coefficient (Wildman–Crippen LogP) is 0.314. The Hall–Kier alpha value is -0.220. The third-order valence-electron chi connectivity index (χ3n) is 2.71. The molecule has 2 fully saturated rings. The fourth-order valence-electron chi connectivity index (χ4n) is 2.00. The van der Waals surface area contributed by atoms with Crippen LogP contribution in [0, 0.1) is 0 Å². The lowest BCUT2D eigenvalue weighted by atomic mass is 10.2. The van der Waals surface area contributed by atoms with Gasteiger partial charge in [-0.2, -0.15) is 11.8 Å². The van der Waals surface area contributed by atoms with Gasteiger partial charge in [0.2, 0.25) is 5.91 Å². The van der Waals surface area contributed by atoms with Crippen molar-refractivity contribution in [3.05, 3.63) is 0 Å². The average Bonchev–Trinajstić information content (AvgIpc) is 2.56. The molecule has 0 saturated carbocycles. The van der Waals surface area contributed by atoms with Crippen molar-refractivity contribution in [1.82, 2.24) is 10.2 Å². The molecule has 1 N–H and O–H groups in total. The molecule has 3 nitrogen and oxygen atoms in total. The maximum Gasteiger partial charge on any atom is 0.232 e. The van der Waals surface area contributed by atoms with E-state index >= 15 is 0 Å². The lowest BCUT2D eigenvalue weighted by Gasteiger charge is -2.26. The maximum atomic E-state index is 11.7. The van der Waals surface area contributed by atoms with Gasteiger partial charge < -0.3 is 10.2 Å². The highest BCUT2D eigenvalue weighted by atomic mass is 32.2. The van der Waals surface area contributed by atoms with Gasteiger partial charge in [-0.15, -0.1) is 0 Å². The van der Waals surface area contributed by atoms with Crippen LogP contribution < -0.4 is 5.32 Å². The number of carbonyl (C=O) groups is 1. The number of hydrogen-bond acceptors (Lipinski definition) is 3. The molecule has 1 atom stereocenters. The van der Waals surface area contributed by atoms with Crippen LogP contribution in [-0.2, 0) is 4.79 Å². The van der Waals surface area contributed by atoms with E-state index in [1.165, 1.54) is 0 Å². The van der Waals surface area contributed by atoms with E-state index in [1.54, 1.807) is 11.8 Å². The zero-order valence-corrected chi connectivity index (χ0v) is 8.61. The van der Waals surface area contributed by atoms with Gasteiger partial charge in [-0.05, 0) is 25.1 Å². The Balaban J connectivity index is 1.97. The third kappa shape index (κ3) is 2.17. The van der Waals surface area contributed by atoms with Crippen LogP contribution >= 0.6 is 11.8 Å². The Kier molecular flexibility index (Phi) is 3.11. The second-order valence-electron chi connectivity index (χ2n) is 3.64. The van der Waals surface area contributed by atoms with Gasteiger partial charge in [0.25, 0.3) is 0 Å². The van der Waals surface area contributed by atoms with Gasteiger partial charge in [0.15, 0.2) is 0 Å². The molecule has 0 aromatic carbocycles. The molecule has 4 heteroatoms. The topological polar surface area (TPSA) is 32.3 Å². The molecule has 0 spiro atoms. The molecule has 0 aliphatic carbocycles. The summed E-state index contributed by atoms with van der Waals surface area (Å²) in [5.74, 6) is 2.18. The van der Waals surface area contributed by atoms with Crippen LogP contribution in [0.1, 0.15) is 12.8 Å². The summed E-state index contributed by atoms with van der Waals surface area (Å²) in [5.41, 5.74) is 0. The fraction of sp³-hybridized carbons (Fsp3) is 0.889. The number of carbonyl (C=O) groups excluding carboxylic acids is 1. The second-order valence-corrected chi connectivity index (χ2v) is 4.75. The Morgan fingerprint density at radius 1 is 1.54 bits per heavy atom. The zero-order valence-electron chi connectivity index (χ0n) is 7.79. The monoisotopic (exact) mass is 200 g/mol. The van der Waals surface area contributed by atoms with Crippen LogP contribution in [0.25, 0.3) is 0 Å². The van der Waals surface area contributed by atoms with Gasteiger partial charge in [-0.1, -0.05) is 0 Å². The normalized spacial score (nSPS) is 30.6. The summed E-state index contributed by atoms with van der Waals surface area (Å²) in [6, 6.07) is 0.478. The molecule has 0 aromatic rings. The summed E-state index contributed by atoms with van der Waals surface area (Å²) < 4.78 is 0. The average molecular weight is 200 g/mol. The molecule has 0 bridgehead atoms. The molecule has 74 valence electrons. The van der Waals surface area contributed by atoms with Crippen molar-refractivity contribution < 1.29 is 4.79 Å². The van der Waals surface area contributed by atoms with Gasteiger partial charge in [-0.25, -0.2) is 0 Å². The summed E-state index contributed by atoms with van der Waals surface area (Å²) >= 11 is 1.77. The molecule has 2 rings (SSSR count). The quantitative estimate of drug-likeness (QED) is 0.661. The Morgan fingerprint density at radius 2 is 2.46 bits per heavy atom. The van der Waals surface area contributed by atoms with Crippen molar-refractivity contribution in [3.8, 4) is 0 Å². The first kappa shape index (κ1) is 9.34. The van der Waals surface area contributed by atoms with Crippen LogP contribution in [-0.4, -0.2) is 48.0 Å². The smallest absolute Gasteiger partial charge is 0.232 e. The van der Waals surface area contributed by atoms with Gasteiger partial charge in [0, 0.05) is 19.1 Å². The van der Waals surface area contributed by atoms with Gasteiger partial charge in [-0.3, -0.25) is 4.79 Å². The maximum absolute atomic E-state index is 11.7. The highest BCUT2D eigenvalue weighted by molar-refractivity contribution is 7.99. The van der Waals surface area contributed by atoms with Gasteiger partial charge >= 0.3 is 0 Å². The zero-order chi connectivity index (χ0) is 9.10. The van der Waals surface area contributed by atoms with Crippen LogP contribution in [0.15, 0.2) is 0 Å². The molecule has 0 aromatic heterocycles. The third-order valence-corrected chi connectivity index (χ3v) is 3.74. The largest absolute Gasteiger partial charge is 0.338 e. The van der Waals surface area contributed by atoms with Crippen LogP contribution in [0.4, 0.5) is 0 Å². The Labute approximate surface area is 83.2 Å². The standard InChI is InChI=1S/C9H16N2OS/c12-9-7-13-5-1-4-11(9)8-2-3-10-6-8/h8,10H,1-7H2. The van der Waals surface area contributed by atoms with Crippen molar-refractivity contribution in [2.75, 3.05) is 31.1 Å². The highest BCUT2D eigenvalue weighted by Crippen LogP contribution is 2.16. The Morgan fingerprint density at radius 3 is 3.23 bits per heavy atom. The van der Waals surface area contributed by atoms with Crippen LogP contribution in [0.3, 0.4) is 0 Å². The van der Waals surface area contributed by atoms with Crippen LogP contribution in [0.5, 0.6) is 0 Å². The molecule has 2 heterocycles. The summed E-state index contributed by atoms with van der Waals surface area (Å²) in [7, 11) is 0. The molecule has 2 aliphatic heterocycles. The van der Waals surface area contributed by atoms with Crippen molar-refractivity contribution in [2.45, 2.75) is 18.9 Å². The lowest BCUT2D eigenvalue weighted by molar-refractivity contribution is -0.130. The second kappa shape index (κ2) is 4.33. The number of nitrogens with one attached hydrogen (secondary N) is 1. The predicted molar refractivity (Wildman–Crippen MR) is 54.9 cm³/mol. The summed E-state index contributed by atoms with van der Waals surface area (Å²) in [4.78, 5) is 13.8. The Bertz CT molecular complexity index is 192. The fourth-order valence-corrected chi connectivity index (χ4v) is 2.81. The molecule has 0 radical (unpaired) electrons. The van der Waals surface area contributed by atoms with E-state index in [0.717, 1.165) is 38.2 Å². The summed E-state index contributed by atoms with van der Waals surface area (Å²) in [6.07, 6.45) is 2.29. The van der Waals surface area contributed by atoms with E-state index in [4.69, 9.17) is 0 Å². The summed E-state index contributed by atoms with van der Waals surface area (Å²) in [6.45, 7) is 3.04. The first-order valence-corrected chi connectivity index (χ1v) is 6.11. The van der Waals surface area contributed by atoms with E-state index in [9.17, 15) is 4.79 Å². The van der Waals surface area contributed by atoms with E-state index in [1.807, 2.05) is 0 Å². The number of nitrogens with zero attached hydrogens (tertiary/aromatic N) is 1. The van der Waals surface area contributed by atoms with E-state index in [2.05, 4.69) is 10.2 Å². The minimum atomic E-state index is 0.344. The molecule has 1 unspecified atom stereocenters. The lowest BCUT2D eigenvalue weighted by Crippen LogP contribution is -2.42. The van der Waals surface area contributed by atoms with E-state index < -0.39 is 0 Å². The van der Waals surface area contributed by atoms with Crippen molar-refractivity contribution in [1.29, 1.82) is 0 Å². The minimum Gasteiger partial charge on any atom is -0.338 e. The van der Waals surface area contributed by atoms with Crippen molar-refractivity contribution in [3.63, 3.8) is 0 Å². The number of hydrogen-bond donors (Lipinski definition) is 1. The number of rotatable bonds is 1. The van der Waals surface area contributed by atoms with Crippen LogP contribution in [0.2, 0.25) is 0 Å². The molecule has 1 amide bonds. The molecule has 2 saturated heterocycles. The van der Waals surface area contributed by atoms with Crippen molar-refractivity contribution in [2.24, 2.45) is 0 Å². The highest BCUT2D eigenvalue weighted by Gasteiger charge is 2.27. The summed E-state index contributed by atoms with van der Waals surface area (Å²) in [5, 5.41) is 3.31. The van der Waals surface area contributed by atoms with Gasteiger partial charge in [0.05, 0.1) is 5.75 Å². The molecular formula is C9H16N2OS. The number of amides is 1. The number of thioether (sulfide) groups is 1. The first-order chi connectivity index (χ1) is 6.38. The molecular weight excluding hydrogens is 184 g/mol. The van der Waals surface area contributed by atoms with Crippen molar-refractivity contribution >= 4 is 17.7 Å². The molecule has 13 heavy (non-hydrogen) atoms. The first-order valence-electron chi connectivity index (χ1n) is 4.96. The van der Waals surface area contributed by atoms with Gasteiger partial charge in [0.1, 0.15) is 0 Å². The minimum absolute atomic E-state index is 0.344. The van der Waals surface area contributed by atoms with E-state index in [-0.39, 0.29) is 0 Å².